The number of amides is 1. The maximum Gasteiger partial charge on any atom is 0.387 e. The predicted octanol–water partition coefficient (Wildman–Crippen LogP) is 3.27. The molecule has 3 aromatic carbocycles. The average molecular weight is 418 g/mol. The van der Waals surface area contributed by atoms with Gasteiger partial charge in [-0.05, 0) is 35.2 Å². The number of rotatable bonds is 6. The van der Waals surface area contributed by atoms with Crippen molar-refractivity contribution in [1.29, 1.82) is 0 Å². The van der Waals surface area contributed by atoms with Gasteiger partial charge in [-0.1, -0.05) is 36.4 Å². The van der Waals surface area contributed by atoms with E-state index in [1.807, 2.05) is 12.1 Å². The van der Waals surface area contributed by atoms with Crippen LogP contribution in [0.25, 0.3) is 10.8 Å². The van der Waals surface area contributed by atoms with Gasteiger partial charge in [0.25, 0.3) is 10.0 Å². The Morgan fingerprint density at radius 2 is 1.72 bits per heavy atom. The lowest BCUT2D eigenvalue weighted by molar-refractivity contribution is -0.119. The second-order valence-electron chi connectivity index (χ2n) is 6.44. The molecule has 150 valence electrons. The third-order valence-corrected chi connectivity index (χ3v) is 6.41. The molecule has 0 spiro atoms. The number of nitrogens with zero attached hydrogens (tertiary/aromatic N) is 1. The van der Waals surface area contributed by atoms with Gasteiger partial charge in [-0.15, -0.1) is 0 Å². The minimum Gasteiger partial charge on any atom is -0.435 e. The fourth-order valence-electron chi connectivity index (χ4n) is 3.30. The van der Waals surface area contributed by atoms with E-state index >= 15 is 0 Å². The summed E-state index contributed by atoms with van der Waals surface area (Å²) in [5, 5.41) is 4.05. The van der Waals surface area contributed by atoms with E-state index in [0.717, 1.165) is 9.69 Å². The minimum atomic E-state index is -3.81. The quantitative estimate of drug-likeness (QED) is 0.667. The molecule has 4 rings (SSSR count). The van der Waals surface area contributed by atoms with E-state index in [-0.39, 0.29) is 23.7 Å². The minimum absolute atomic E-state index is 0.0177. The number of hydrogen-bond donors (Lipinski definition) is 1. The Labute approximate surface area is 165 Å². The Morgan fingerprint density at radius 1 is 1.03 bits per heavy atom. The molecule has 29 heavy (non-hydrogen) atoms. The lowest BCUT2D eigenvalue weighted by Crippen LogP contribution is -2.38. The van der Waals surface area contributed by atoms with Crippen LogP contribution in [0.2, 0.25) is 0 Å². The van der Waals surface area contributed by atoms with Crippen molar-refractivity contribution in [3.05, 3.63) is 66.2 Å². The third-order valence-electron chi connectivity index (χ3n) is 4.61. The van der Waals surface area contributed by atoms with Gasteiger partial charge in [0.2, 0.25) is 5.91 Å². The van der Waals surface area contributed by atoms with E-state index in [1.165, 1.54) is 18.2 Å². The molecule has 0 aliphatic carbocycles. The van der Waals surface area contributed by atoms with Crippen molar-refractivity contribution in [2.45, 2.75) is 18.1 Å². The molecule has 0 aromatic heterocycles. The van der Waals surface area contributed by atoms with Crippen molar-refractivity contribution in [3.8, 4) is 5.75 Å². The Morgan fingerprint density at radius 3 is 2.41 bits per heavy atom. The highest BCUT2D eigenvalue weighted by molar-refractivity contribution is 7.93. The molecular formula is C20H16F2N2O4S. The molecule has 0 atom stereocenters. The fourth-order valence-corrected chi connectivity index (χ4v) is 4.97. The number of hydrogen-bond acceptors (Lipinski definition) is 4. The summed E-state index contributed by atoms with van der Waals surface area (Å²) in [6, 6.07) is 16.1. The first-order valence-electron chi connectivity index (χ1n) is 8.71. The molecule has 1 aliphatic rings. The van der Waals surface area contributed by atoms with Gasteiger partial charge in [0.15, 0.2) is 0 Å². The van der Waals surface area contributed by atoms with Crippen LogP contribution >= 0.6 is 0 Å². The van der Waals surface area contributed by atoms with Crippen molar-refractivity contribution in [2.24, 2.45) is 0 Å². The number of alkyl halides is 2. The Balaban J connectivity index is 1.46. The van der Waals surface area contributed by atoms with Gasteiger partial charge in [-0.25, -0.2) is 8.42 Å². The summed E-state index contributed by atoms with van der Waals surface area (Å²) in [5.74, 6) is -0.463. The van der Waals surface area contributed by atoms with Crippen LogP contribution in [0.15, 0.2) is 65.6 Å². The molecule has 0 saturated heterocycles. The van der Waals surface area contributed by atoms with Crippen molar-refractivity contribution in [3.63, 3.8) is 0 Å². The maximum atomic E-state index is 12.9. The standard InChI is InChI=1S/C20H16F2N2O4S/c21-20(22)28-15-9-7-13(8-10-15)11-23-18(25)12-24-16-5-1-3-14-4-2-6-17(19(14)16)29(24,26)27/h1-10,20H,11-12H2,(H,23,25). The van der Waals surface area contributed by atoms with Gasteiger partial charge in [0.05, 0.1) is 10.6 Å². The number of carbonyl (C=O) groups is 1. The van der Waals surface area contributed by atoms with Crippen LogP contribution in [0.4, 0.5) is 14.5 Å². The highest BCUT2D eigenvalue weighted by Crippen LogP contribution is 2.41. The first-order valence-corrected chi connectivity index (χ1v) is 10.2. The first kappa shape index (κ1) is 19.1. The largest absolute Gasteiger partial charge is 0.435 e. The average Bonchev–Trinajstić information content (AvgIpc) is 2.90. The van der Waals surface area contributed by atoms with Crippen LogP contribution in [0, 0.1) is 0 Å². The number of anilines is 1. The molecule has 0 bridgehead atoms. The monoisotopic (exact) mass is 418 g/mol. The summed E-state index contributed by atoms with van der Waals surface area (Å²) in [6.07, 6.45) is 0. The molecule has 0 fully saturated rings. The van der Waals surface area contributed by atoms with Crippen molar-refractivity contribution in [2.75, 3.05) is 10.8 Å². The highest BCUT2D eigenvalue weighted by atomic mass is 32.2. The Bertz CT molecular complexity index is 1180. The van der Waals surface area contributed by atoms with Gasteiger partial charge in [0.1, 0.15) is 12.3 Å². The van der Waals surface area contributed by atoms with Gasteiger partial charge in [0, 0.05) is 11.9 Å². The van der Waals surface area contributed by atoms with Crippen molar-refractivity contribution >= 4 is 32.4 Å². The molecule has 9 heteroatoms. The first-order chi connectivity index (χ1) is 13.9. The second kappa shape index (κ2) is 7.32. The van der Waals surface area contributed by atoms with E-state index in [0.29, 0.717) is 16.6 Å². The smallest absolute Gasteiger partial charge is 0.387 e. The van der Waals surface area contributed by atoms with Gasteiger partial charge >= 0.3 is 6.61 Å². The number of benzene rings is 3. The Kier molecular flexibility index (Phi) is 4.83. The molecule has 1 N–H and O–H groups in total. The van der Waals surface area contributed by atoms with Gasteiger partial charge < -0.3 is 10.1 Å². The highest BCUT2D eigenvalue weighted by Gasteiger charge is 2.36. The summed E-state index contributed by atoms with van der Waals surface area (Å²) in [5.41, 5.74) is 1.14. The van der Waals surface area contributed by atoms with Gasteiger partial charge in [-0.2, -0.15) is 8.78 Å². The lowest BCUT2D eigenvalue weighted by Gasteiger charge is -2.18. The summed E-state index contributed by atoms with van der Waals surface area (Å²) in [6.45, 7) is -3.14. The van der Waals surface area contributed by atoms with Gasteiger partial charge in [-0.3, -0.25) is 9.10 Å². The molecule has 3 aromatic rings. The van der Waals surface area contributed by atoms with Crippen LogP contribution in [0.5, 0.6) is 5.75 Å². The fraction of sp³-hybridized carbons (Fsp3) is 0.150. The van der Waals surface area contributed by atoms with Crippen LogP contribution in [0.3, 0.4) is 0 Å². The normalized spacial score (nSPS) is 14.4. The zero-order valence-electron chi connectivity index (χ0n) is 15.0. The van der Waals surface area contributed by atoms with E-state index < -0.39 is 22.5 Å². The predicted molar refractivity (Wildman–Crippen MR) is 103 cm³/mol. The number of nitrogens with one attached hydrogen (secondary N) is 1. The number of ether oxygens (including phenoxy) is 1. The summed E-state index contributed by atoms with van der Waals surface area (Å²) >= 11 is 0. The topological polar surface area (TPSA) is 75.7 Å². The number of halogens is 2. The van der Waals surface area contributed by atoms with Crippen LogP contribution in [0.1, 0.15) is 5.56 Å². The molecule has 6 nitrogen and oxygen atoms in total. The second-order valence-corrected chi connectivity index (χ2v) is 8.27. The summed E-state index contributed by atoms with van der Waals surface area (Å²) < 4.78 is 55.5. The van der Waals surface area contributed by atoms with Crippen LogP contribution < -0.4 is 14.4 Å². The van der Waals surface area contributed by atoms with E-state index in [2.05, 4.69) is 10.1 Å². The molecule has 0 radical (unpaired) electrons. The molecule has 1 amide bonds. The Hall–Kier alpha value is -3.20. The summed E-state index contributed by atoms with van der Waals surface area (Å²) in [7, 11) is -3.81. The number of sulfonamides is 1. The molecule has 1 heterocycles. The van der Waals surface area contributed by atoms with Crippen LogP contribution in [-0.4, -0.2) is 27.5 Å². The lowest BCUT2D eigenvalue weighted by atomic mass is 10.1. The molecular weight excluding hydrogens is 402 g/mol. The van der Waals surface area contributed by atoms with E-state index in [1.54, 1.807) is 30.3 Å². The third kappa shape index (κ3) is 3.61. The SMILES string of the molecule is O=C(CN1c2cccc3cccc(c23)S1(=O)=O)NCc1ccc(OC(F)F)cc1. The maximum absolute atomic E-state index is 12.9. The zero-order valence-corrected chi connectivity index (χ0v) is 15.8. The van der Waals surface area contributed by atoms with E-state index in [9.17, 15) is 22.0 Å². The molecule has 0 saturated carbocycles. The number of carbonyl (C=O) groups excluding carboxylic acids is 1. The summed E-state index contributed by atoms with van der Waals surface area (Å²) in [4.78, 5) is 12.6. The van der Waals surface area contributed by atoms with Crippen LogP contribution in [-0.2, 0) is 21.4 Å². The van der Waals surface area contributed by atoms with Crippen molar-refractivity contribution < 1.29 is 26.7 Å². The van der Waals surface area contributed by atoms with E-state index in [4.69, 9.17) is 0 Å². The van der Waals surface area contributed by atoms with Crippen molar-refractivity contribution in [1.82, 2.24) is 5.32 Å². The molecule has 0 unspecified atom stereocenters. The zero-order chi connectivity index (χ0) is 20.6. The molecule has 1 aliphatic heterocycles.